The van der Waals surface area contributed by atoms with Crippen LogP contribution in [0.4, 0.5) is 0 Å². The number of likely N-dealkylation sites (tertiary alicyclic amines) is 1. The Hall–Kier alpha value is -2.81. The molecule has 1 atom stereocenters. The van der Waals surface area contributed by atoms with Crippen LogP contribution in [-0.2, 0) is 21.1 Å². The second kappa shape index (κ2) is 8.91. The van der Waals surface area contributed by atoms with Crippen LogP contribution in [0.1, 0.15) is 46.2 Å². The Morgan fingerprint density at radius 1 is 1.23 bits per heavy atom. The highest BCUT2D eigenvalue weighted by Gasteiger charge is 2.27. The van der Waals surface area contributed by atoms with Crippen molar-refractivity contribution in [1.29, 1.82) is 0 Å². The molecule has 8 nitrogen and oxygen atoms in total. The Balaban J connectivity index is 1.67. The second-order valence-electron chi connectivity index (χ2n) is 7.58. The maximum absolute atomic E-state index is 12.8. The molecule has 2 heterocycles. The minimum absolute atomic E-state index is 0.00879. The minimum atomic E-state index is -3.25. The summed E-state index contributed by atoms with van der Waals surface area (Å²) >= 11 is 0. The van der Waals surface area contributed by atoms with Gasteiger partial charge in [0.05, 0.1) is 22.6 Å². The maximum atomic E-state index is 12.8. The van der Waals surface area contributed by atoms with Crippen LogP contribution in [0.3, 0.4) is 0 Å². The monoisotopic (exact) mass is 430 g/mol. The molecule has 1 aliphatic heterocycles. The Labute approximate surface area is 176 Å². The highest BCUT2D eigenvalue weighted by Crippen LogP contribution is 2.25. The molecule has 2 amide bonds. The second-order valence-corrected chi connectivity index (χ2v) is 9.59. The van der Waals surface area contributed by atoms with Crippen molar-refractivity contribution in [1.82, 2.24) is 20.2 Å². The molecule has 1 saturated heterocycles. The topological polar surface area (TPSA) is 109 Å². The third-order valence-electron chi connectivity index (χ3n) is 5.32. The van der Waals surface area contributed by atoms with E-state index in [1.54, 1.807) is 32.3 Å². The van der Waals surface area contributed by atoms with Crippen LogP contribution in [0.2, 0.25) is 0 Å². The van der Waals surface area contributed by atoms with Gasteiger partial charge in [-0.15, -0.1) is 0 Å². The minimum Gasteiger partial charge on any atom is -0.355 e. The predicted octanol–water partition coefficient (Wildman–Crippen LogP) is 1.50. The lowest BCUT2D eigenvalue weighted by molar-refractivity contribution is -0.131. The molecule has 0 spiro atoms. The lowest BCUT2D eigenvalue weighted by Crippen LogP contribution is -2.40. The summed E-state index contributed by atoms with van der Waals surface area (Å²) in [5, 5.41) is 2.57. The summed E-state index contributed by atoms with van der Waals surface area (Å²) in [6.45, 7) is 2.98. The van der Waals surface area contributed by atoms with E-state index in [1.165, 1.54) is 12.1 Å². The summed E-state index contributed by atoms with van der Waals surface area (Å²) in [7, 11) is -1.69. The summed E-state index contributed by atoms with van der Waals surface area (Å²) in [5.74, 6) is 0.440. The quantitative estimate of drug-likeness (QED) is 0.770. The number of sulfone groups is 1. The molecule has 9 heteroatoms. The van der Waals surface area contributed by atoms with E-state index in [0.717, 1.165) is 24.7 Å². The molecule has 1 aromatic carbocycles. The molecule has 0 radical (unpaired) electrons. The van der Waals surface area contributed by atoms with Crippen molar-refractivity contribution in [3.8, 4) is 0 Å². The molecular weight excluding hydrogens is 404 g/mol. The van der Waals surface area contributed by atoms with E-state index in [1.807, 2.05) is 4.90 Å². The van der Waals surface area contributed by atoms with Crippen LogP contribution in [-0.4, -0.2) is 61.5 Å². The van der Waals surface area contributed by atoms with Crippen molar-refractivity contribution in [3.63, 3.8) is 0 Å². The first-order chi connectivity index (χ1) is 14.2. The molecule has 160 valence electrons. The van der Waals surface area contributed by atoms with Crippen molar-refractivity contribution in [3.05, 3.63) is 53.1 Å². The Bertz CT molecular complexity index is 1050. The molecule has 1 fully saturated rings. The Kier molecular flexibility index (Phi) is 6.50. The van der Waals surface area contributed by atoms with E-state index >= 15 is 0 Å². The van der Waals surface area contributed by atoms with Gasteiger partial charge < -0.3 is 10.2 Å². The number of amides is 2. The fourth-order valence-corrected chi connectivity index (χ4v) is 4.23. The van der Waals surface area contributed by atoms with Gasteiger partial charge in [-0.3, -0.25) is 9.59 Å². The number of rotatable bonds is 5. The summed E-state index contributed by atoms with van der Waals surface area (Å²) in [5.41, 5.74) is 1.84. The molecule has 30 heavy (non-hydrogen) atoms. The van der Waals surface area contributed by atoms with Crippen molar-refractivity contribution >= 4 is 21.7 Å². The normalized spacial score (nSPS) is 16.9. The first-order valence-electron chi connectivity index (χ1n) is 9.81. The van der Waals surface area contributed by atoms with E-state index in [0.29, 0.717) is 30.2 Å². The number of nitrogens with zero attached hydrogens (tertiary/aromatic N) is 3. The van der Waals surface area contributed by atoms with Gasteiger partial charge in [-0.2, -0.15) is 0 Å². The van der Waals surface area contributed by atoms with E-state index in [-0.39, 0.29) is 29.0 Å². The Morgan fingerprint density at radius 3 is 2.53 bits per heavy atom. The highest BCUT2D eigenvalue weighted by molar-refractivity contribution is 7.90. The van der Waals surface area contributed by atoms with Crippen LogP contribution in [0.15, 0.2) is 35.4 Å². The fourth-order valence-electron chi connectivity index (χ4n) is 3.59. The van der Waals surface area contributed by atoms with Gasteiger partial charge >= 0.3 is 0 Å². The predicted molar refractivity (Wildman–Crippen MR) is 112 cm³/mol. The van der Waals surface area contributed by atoms with Gasteiger partial charge in [0, 0.05) is 38.5 Å². The lowest BCUT2D eigenvalue weighted by atomic mass is 9.96. The zero-order valence-corrected chi connectivity index (χ0v) is 18.2. The standard InChI is InChI=1S/C21H26N4O4S/c1-14-18(21(27)22-2)12-23-20(24-14)16-5-4-10-25(13-16)19(26)11-15-6-8-17(9-7-15)30(3,28)29/h6-9,12,16H,4-5,10-11,13H2,1-3H3,(H,22,27)/t16-/m0/s1. The number of piperidine rings is 1. The van der Waals surface area contributed by atoms with Gasteiger partial charge in [0.1, 0.15) is 5.82 Å². The van der Waals surface area contributed by atoms with Crippen LogP contribution < -0.4 is 5.32 Å². The SMILES string of the molecule is CNC(=O)c1cnc([C@H]2CCCN(C(=O)Cc3ccc(S(C)(=O)=O)cc3)C2)nc1C. The first kappa shape index (κ1) is 21.9. The van der Waals surface area contributed by atoms with Crippen molar-refractivity contribution in [2.45, 2.75) is 37.0 Å². The van der Waals surface area contributed by atoms with E-state index in [2.05, 4.69) is 15.3 Å². The van der Waals surface area contributed by atoms with Crippen molar-refractivity contribution in [2.75, 3.05) is 26.4 Å². The summed E-state index contributed by atoms with van der Waals surface area (Å²) in [4.78, 5) is 35.6. The van der Waals surface area contributed by atoms with Crippen LogP contribution in [0, 0.1) is 6.92 Å². The first-order valence-corrected chi connectivity index (χ1v) is 11.7. The molecule has 0 unspecified atom stereocenters. The van der Waals surface area contributed by atoms with Gasteiger partial charge in [0.2, 0.25) is 5.91 Å². The zero-order chi connectivity index (χ0) is 21.9. The number of aryl methyl sites for hydroxylation is 1. The summed E-state index contributed by atoms with van der Waals surface area (Å²) in [6, 6.07) is 6.42. The van der Waals surface area contributed by atoms with Crippen LogP contribution >= 0.6 is 0 Å². The van der Waals surface area contributed by atoms with Crippen LogP contribution in [0.25, 0.3) is 0 Å². The van der Waals surface area contributed by atoms with E-state index < -0.39 is 9.84 Å². The summed E-state index contributed by atoms with van der Waals surface area (Å²) in [6.07, 6.45) is 4.65. The van der Waals surface area contributed by atoms with Crippen molar-refractivity contribution < 1.29 is 18.0 Å². The Morgan fingerprint density at radius 2 is 1.93 bits per heavy atom. The van der Waals surface area contributed by atoms with E-state index in [9.17, 15) is 18.0 Å². The van der Waals surface area contributed by atoms with Gasteiger partial charge in [-0.1, -0.05) is 12.1 Å². The molecular formula is C21H26N4O4S. The molecule has 3 rings (SSSR count). The molecule has 0 aliphatic carbocycles. The van der Waals surface area contributed by atoms with Gasteiger partial charge in [-0.05, 0) is 37.5 Å². The number of hydrogen-bond donors (Lipinski definition) is 1. The zero-order valence-electron chi connectivity index (χ0n) is 17.4. The number of hydrogen-bond acceptors (Lipinski definition) is 6. The number of nitrogens with one attached hydrogen (secondary N) is 1. The molecule has 1 aromatic heterocycles. The number of carbonyl (C=O) groups excluding carboxylic acids is 2. The maximum Gasteiger partial charge on any atom is 0.254 e. The number of carbonyl (C=O) groups is 2. The fraction of sp³-hybridized carbons (Fsp3) is 0.429. The number of benzene rings is 1. The third kappa shape index (κ3) is 5.02. The smallest absolute Gasteiger partial charge is 0.254 e. The number of aromatic nitrogens is 2. The molecule has 1 aliphatic rings. The average molecular weight is 431 g/mol. The molecule has 0 saturated carbocycles. The van der Waals surface area contributed by atoms with Gasteiger partial charge in [-0.25, -0.2) is 18.4 Å². The molecule has 1 N–H and O–H groups in total. The third-order valence-corrected chi connectivity index (χ3v) is 6.44. The van der Waals surface area contributed by atoms with Crippen LogP contribution in [0.5, 0.6) is 0 Å². The molecule has 0 bridgehead atoms. The van der Waals surface area contributed by atoms with Gasteiger partial charge in [0.15, 0.2) is 9.84 Å². The largest absolute Gasteiger partial charge is 0.355 e. The van der Waals surface area contributed by atoms with E-state index in [4.69, 9.17) is 0 Å². The average Bonchev–Trinajstić information content (AvgIpc) is 2.73. The summed E-state index contributed by atoms with van der Waals surface area (Å²) < 4.78 is 23.1. The lowest BCUT2D eigenvalue weighted by Gasteiger charge is -2.32. The highest BCUT2D eigenvalue weighted by atomic mass is 32.2. The van der Waals surface area contributed by atoms with Crippen molar-refractivity contribution in [2.24, 2.45) is 0 Å². The van der Waals surface area contributed by atoms with Gasteiger partial charge in [0.25, 0.3) is 5.91 Å². The molecule has 2 aromatic rings.